The van der Waals surface area contributed by atoms with Crippen LogP contribution in [0.4, 0.5) is 0 Å². The molecule has 0 aliphatic heterocycles. The van der Waals surface area contributed by atoms with Crippen LogP contribution in [0.15, 0.2) is 47.3 Å². The SMILES string of the molecule is CCN(Cc1nc2cc(Cl)ccc2c(=O)[nH]1)C(=O)[C@@H](C)Oc1ccc(C)cc1. The summed E-state index contributed by atoms with van der Waals surface area (Å²) in [7, 11) is 0. The van der Waals surface area contributed by atoms with Gasteiger partial charge in [0.05, 0.1) is 17.4 Å². The van der Waals surface area contributed by atoms with E-state index in [1.807, 2.05) is 38.1 Å². The molecule has 6 nitrogen and oxygen atoms in total. The van der Waals surface area contributed by atoms with Gasteiger partial charge in [-0.3, -0.25) is 9.59 Å². The third-order valence-electron chi connectivity index (χ3n) is 4.43. The maximum Gasteiger partial charge on any atom is 0.263 e. The molecule has 7 heteroatoms. The van der Waals surface area contributed by atoms with Gasteiger partial charge < -0.3 is 14.6 Å². The predicted molar refractivity (Wildman–Crippen MR) is 110 cm³/mol. The van der Waals surface area contributed by atoms with Crippen molar-refractivity contribution < 1.29 is 9.53 Å². The second-order valence-corrected chi connectivity index (χ2v) is 7.04. The highest BCUT2D eigenvalue weighted by molar-refractivity contribution is 6.31. The average Bonchev–Trinajstić information content (AvgIpc) is 2.67. The van der Waals surface area contributed by atoms with Crippen LogP contribution in [0, 0.1) is 6.92 Å². The van der Waals surface area contributed by atoms with Gasteiger partial charge >= 0.3 is 0 Å². The molecule has 2 aromatic carbocycles. The van der Waals surface area contributed by atoms with Crippen LogP contribution in [0.2, 0.25) is 5.02 Å². The first kappa shape index (κ1) is 19.9. The molecular formula is C21H22ClN3O3. The van der Waals surface area contributed by atoms with Crippen LogP contribution in [-0.2, 0) is 11.3 Å². The quantitative estimate of drug-likeness (QED) is 0.685. The molecular weight excluding hydrogens is 378 g/mol. The topological polar surface area (TPSA) is 75.3 Å². The van der Waals surface area contributed by atoms with Crippen molar-refractivity contribution in [1.82, 2.24) is 14.9 Å². The van der Waals surface area contributed by atoms with Gasteiger partial charge in [0, 0.05) is 11.6 Å². The van der Waals surface area contributed by atoms with Crippen LogP contribution < -0.4 is 10.3 Å². The van der Waals surface area contributed by atoms with E-state index in [4.69, 9.17) is 16.3 Å². The fraction of sp³-hybridized carbons (Fsp3) is 0.286. The van der Waals surface area contributed by atoms with Gasteiger partial charge in [-0.05, 0) is 51.1 Å². The molecule has 1 N–H and O–H groups in total. The number of benzene rings is 2. The third kappa shape index (κ3) is 4.51. The second-order valence-electron chi connectivity index (χ2n) is 6.60. The molecule has 0 aliphatic carbocycles. The first-order chi connectivity index (χ1) is 13.4. The van der Waals surface area contributed by atoms with Gasteiger partial charge in [-0.25, -0.2) is 4.98 Å². The van der Waals surface area contributed by atoms with Crippen molar-refractivity contribution >= 4 is 28.4 Å². The minimum atomic E-state index is -0.663. The molecule has 3 rings (SSSR count). The second kappa shape index (κ2) is 8.44. The summed E-state index contributed by atoms with van der Waals surface area (Å²) in [6, 6.07) is 12.4. The number of aromatic amines is 1. The normalized spacial score (nSPS) is 12.0. The van der Waals surface area contributed by atoms with Crippen molar-refractivity contribution in [3.05, 3.63) is 69.2 Å². The largest absolute Gasteiger partial charge is 0.481 e. The molecule has 0 saturated heterocycles. The van der Waals surface area contributed by atoms with Crippen LogP contribution in [0.5, 0.6) is 5.75 Å². The molecule has 1 aromatic heterocycles. The Hall–Kier alpha value is -2.86. The Bertz CT molecular complexity index is 1050. The number of likely N-dealkylation sites (N-methyl/N-ethyl adjacent to an activating group) is 1. The van der Waals surface area contributed by atoms with Crippen LogP contribution in [0.3, 0.4) is 0 Å². The van der Waals surface area contributed by atoms with Crippen LogP contribution in [-0.4, -0.2) is 33.4 Å². The standard InChI is InChI=1S/C21H22ClN3O3/c1-4-25(21(27)14(3)28-16-8-5-13(2)6-9-16)12-19-23-18-11-15(22)7-10-17(18)20(26)24-19/h5-11,14H,4,12H2,1-3H3,(H,23,24,26)/t14-/m1/s1. The molecule has 28 heavy (non-hydrogen) atoms. The fourth-order valence-electron chi connectivity index (χ4n) is 2.89. The van der Waals surface area contributed by atoms with E-state index in [9.17, 15) is 9.59 Å². The Morgan fingerprint density at radius 3 is 2.64 bits per heavy atom. The van der Waals surface area contributed by atoms with Crippen molar-refractivity contribution in [2.45, 2.75) is 33.4 Å². The number of hydrogen-bond acceptors (Lipinski definition) is 4. The van der Waals surface area contributed by atoms with E-state index in [0.29, 0.717) is 34.0 Å². The third-order valence-corrected chi connectivity index (χ3v) is 4.67. The minimum absolute atomic E-state index is 0.175. The van der Waals surface area contributed by atoms with E-state index in [1.165, 1.54) is 0 Å². The van der Waals surface area contributed by atoms with Crippen molar-refractivity contribution in [3.63, 3.8) is 0 Å². The Kier molecular flexibility index (Phi) is 5.99. The number of aryl methyl sites for hydroxylation is 1. The number of ether oxygens (including phenoxy) is 1. The van der Waals surface area contributed by atoms with Crippen molar-refractivity contribution in [2.24, 2.45) is 0 Å². The zero-order valence-electron chi connectivity index (χ0n) is 16.0. The summed E-state index contributed by atoms with van der Waals surface area (Å²) >= 11 is 6.00. The number of halogens is 1. The summed E-state index contributed by atoms with van der Waals surface area (Å²) in [5.41, 5.74) is 1.36. The zero-order valence-corrected chi connectivity index (χ0v) is 16.8. The highest BCUT2D eigenvalue weighted by Crippen LogP contribution is 2.16. The van der Waals surface area contributed by atoms with Crippen molar-refractivity contribution in [3.8, 4) is 5.75 Å². The molecule has 3 aromatic rings. The smallest absolute Gasteiger partial charge is 0.263 e. The lowest BCUT2D eigenvalue weighted by atomic mass is 10.2. The Balaban J connectivity index is 1.77. The highest BCUT2D eigenvalue weighted by Gasteiger charge is 2.22. The number of rotatable bonds is 6. The molecule has 1 amide bonds. The lowest BCUT2D eigenvalue weighted by Gasteiger charge is -2.24. The van der Waals surface area contributed by atoms with Crippen LogP contribution >= 0.6 is 11.6 Å². The number of amides is 1. The van der Waals surface area contributed by atoms with Gasteiger partial charge in [0.15, 0.2) is 6.10 Å². The molecule has 0 fully saturated rings. The van der Waals surface area contributed by atoms with Crippen LogP contribution in [0.25, 0.3) is 10.9 Å². The van der Waals surface area contributed by atoms with Gasteiger partial charge in [0.1, 0.15) is 11.6 Å². The summed E-state index contributed by atoms with van der Waals surface area (Å²) in [5, 5.41) is 0.957. The molecule has 0 unspecified atom stereocenters. The monoisotopic (exact) mass is 399 g/mol. The van der Waals surface area contributed by atoms with Crippen LogP contribution in [0.1, 0.15) is 25.2 Å². The predicted octanol–water partition coefficient (Wildman–Crippen LogP) is 3.70. The van der Waals surface area contributed by atoms with E-state index >= 15 is 0 Å². The molecule has 0 spiro atoms. The number of H-pyrrole nitrogens is 1. The van der Waals surface area contributed by atoms with Gasteiger partial charge in [-0.2, -0.15) is 0 Å². The summed E-state index contributed by atoms with van der Waals surface area (Å²) in [6.07, 6.45) is -0.663. The molecule has 0 aliphatic rings. The fourth-order valence-corrected chi connectivity index (χ4v) is 3.06. The Morgan fingerprint density at radius 1 is 1.25 bits per heavy atom. The first-order valence-electron chi connectivity index (χ1n) is 9.08. The van der Waals surface area contributed by atoms with Gasteiger partial charge in [0.25, 0.3) is 11.5 Å². The zero-order chi connectivity index (χ0) is 20.3. The number of aromatic nitrogens is 2. The highest BCUT2D eigenvalue weighted by atomic mass is 35.5. The van der Waals surface area contributed by atoms with Crippen molar-refractivity contribution in [2.75, 3.05) is 6.54 Å². The van der Waals surface area contributed by atoms with Gasteiger partial charge in [0.2, 0.25) is 0 Å². The molecule has 146 valence electrons. The van der Waals surface area contributed by atoms with Gasteiger partial charge in [-0.15, -0.1) is 0 Å². The lowest BCUT2D eigenvalue weighted by molar-refractivity contribution is -0.138. The number of nitrogens with one attached hydrogen (secondary N) is 1. The maximum absolute atomic E-state index is 12.8. The molecule has 1 heterocycles. The van der Waals surface area contributed by atoms with E-state index < -0.39 is 6.10 Å². The van der Waals surface area contributed by atoms with E-state index in [1.54, 1.807) is 30.0 Å². The molecule has 1 atom stereocenters. The molecule has 0 saturated carbocycles. The summed E-state index contributed by atoms with van der Waals surface area (Å²) in [4.78, 5) is 33.9. The molecule has 0 bridgehead atoms. The number of carbonyl (C=O) groups is 1. The average molecular weight is 400 g/mol. The van der Waals surface area contributed by atoms with E-state index in [0.717, 1.165) is 5.56 Å². The van der Waals surface area contributed by atoms with E-state index in [-0.39, 0.29) is 18.0 Å². The van der Waals surface area contributed by atoms with E-state index in [2.05, 4.69) is 9.97 Å². The number of hydrogen-bond donors (Lipinski definition) is 1. The van der Waals surface area contributed by atoms with Crippen molar-refractivity contribution in [1.29, 1.82) is 0 Å². The number of carbonyl (C=O) groups excluding carboxylic acids is 1. The minimum Gasteiger partial charge on any atom is -0.481 e. The summed E-state index contributed by atoms with van der Waals surface area (Å²) in [6.45, 7) is 6.20. The Labute approximate surface area is 168 Å². The van der Waals surface area contributed by atoms with Gasteiger partial charge in [-0.1, -0.05) is 29.3 Å². The summed E-state index contributed by atoms with van der Waals surface area (Å²) in [5.74, 6) is 0.851. The lowest BCUT2D eigenvalue weighted by Crippen LogP contribution is -2.40. The number of fused-ring (bicyclic) bond motifs is 1. The Morgan fingerprint density at radius 2 is 1.96 bits per heavy atom. The molecule has 0 radical (unpaired) electrons. The number of nitrogens with zero attached hydrogens (tertiary/aromatic N) is 2. The first-order valence-corrected chi connectivity index (χ1v) is 9.45. The summed E-state index contributed by atoms with van der Waals surface area (Å²) < 4.78 is 5.76. The maximum atomic E-state index is 12.8.